The molecule has 26 heavy (non-hydrogen) atoms. The molecular formula is C15H15N5O4S2. The molecule has 0 unspecified atom stereocenters. The van der Waals surface area contributed by atoms with Gasteiger partial charge in [-0.25, -0.2) is 4.98 Å². The molecule has 3 aromatic rings. The van der Waals surface area contributed by atoms with Crippen LogP contribution in [0.1, 0.15) is 17.3 Å². The quantitative estimate of drug-likeness (QED) is 0.434. The minimum absolute atomic E-state index is 0.155. The van der Waals surface area contributed by atoms with Crippen molar-refractivity contribution in [2.24, 2.45) is 0 Å². The number of carbonyl (C=O) groups excluding carboxylic acids is 1. The molecule has 3 heterocycles. The van der Waals surface area contributed by atoms with Crippen LogP contribution < -0.4 is 10.9 Å². The van der Waals surface area contributed by atoms with Crippen molar-refractivity contribution in [2.45, 2.75) is 29.6 Å². The van der Waals surface area contributed by atoms with Gasteiger partial charge in [-0.3, -0.25) is 9.59 Å². The van der Waals surface area contributed by atoms with E-state index < -0.39 is 0 Å². The van der Waals surface area contributed by atoms with Crippen LogP contribution in [-0.4, -0.2) is 31.8 Å². The highest BCUT2D eigenvalue weighted by Gasteiger charge is 2.11. The summed E-state index contributed by atoms with van der Waals surface area (Å²) in [4.78, 5) is 30.0. The first kappa shape index (κ1) is 18.3. The lowest BCUT2D eigenvalue weighted by Gasteiger charge is -2.01. The van der Waals surface area contributed by atoms with E-state index in [1.54, 1.807) is 25.3 Å². The fourth-order valence-electron chi connectivity index (χ4n) is 1.88. The maximum absolute atomic E-state index is 11.8. The lowest BCUT2D eigenvalue weighted by molar-refractivity contribution is -0.118. The van der Waals surface area contributed by atoms with Crippen molar-refractivity contribution in [3.63, 3.8) is 0 Å². The molecule has 0 atom stereocenters. The second-order valence-corrected chi connectivity index (χ2v) is 6.98. The third-order valence-corrected chi connectivity index (χ3v) is 4.67. The second kappa shape index (κ2) is 8.72. The first-order valence-electron chi connectivity index (χ1n) is 7.53. The van der Waals surface area contributed by atoms with Gasteiger partial charge in [0.25, 0.3) is 10.8 Å². The number of furan rings is 1. The third kappa shape index (κ3) is 5.49. The molecule has 0 aliphatic heterocycles. The molecule has 136 valence electrons. The Labute approximate surface area is 156 Å². The fraction of sp³-hybridized carbons (Fsp3) is 0.267. The van der Waals surface area contributed by atoms with Gasteiger partial charge in [-0.1, -0.05) is 23.5 Å². The van der Waals surface area contributed by atoms with E-state index in [1.807, 2.05) is 0 Å². The van der Waals surface area contributed by atoms with Crippen LogP contribution >= 0.6 is 23.5 Å². The Hall–Kier alpha value is -2.53. The maximum atomic E-state index is 11.8. The van der Waals surface area contributed by atoms with Crippen molar-refractivity contribution in [3.05, 3.63) is 52.2 Å². The van der Waals surface area contributed by atoms with E-state index in [4.69, 9.17) is 8.83 Å². The fourth-order valence-corrected chi connectivity index (χ4v) is 3.25. The highest BCUT2D eigenvalue weighted by Crippen LogP contribution is 2.21. The van der Waals surface area contributed by atoms with E-state index in [9.17, 15) is 9.59 Å². The molecule has 3 aromatic heterocycles. The number of rotatable bonds is 8. The average Bonchev–Trinajstić information content (AvgIpc) is 3.27. The molecule has 0 saturated carbocycles. The van der Waals surface area contributed by atoms with Crippen LogP contribution in [0.2, 0.25) is 0 Å². The lowest BCUT2D eigenvalue weighted by atomic mass is 10.4. The molecule has 11 heteroatoms. The lowest BCUT2D eigenvalue weighted by Crippen LogP contribution is -2.24. The number of hydrogen-bond donors (Lipinski definition) is 2. The molecule has 0 aliphatic carbocycles. The number of nitrogens with one attached hydrogen (secondary N) is 2. The average molecular weight is 393 g/mol. The van der Waals surface area contributed by atoms with Crippen LogP contribution in [0.25, 0.3) is 0 Å². The van der Waals surface area contributed by atoms with Gasteiger partial charge in [0.15, 0.2) is 5.16 Å². The molecule has 0 aliphatic rings. The van der Waals surface area contributed by atoms with Gasteiger partial charge in [-0.2, -0.15) is 0 Å². The monoisotopic (exact) mass is 393 g/mol. The first-order valence-corrected chi connectivity index (χ1v) is 9.50. The summed E-state index contributed by atoms with van der Waals surface area (Å²) in [5, 5.41) is 11.3. The Kier molecular flexibility index (Phi) is 6.12. The summed E-state index contributed by atoms with van der Waals surface area (Å²) >= 11 is 2.43. The highest BCUT2D eigenvalue weighted by molar-refractivity contribution is 7.99. The third-order valence-electron chi connectivity index (χ3n) is 3.00. The van der Waals surface area contributed by atoms with Crippen molar-refractivity contribution in [3.8, 4) is 0 Å². The number of hydrogen-bond acceptors (Lipinski definition) is 9. The first-order chi connectivity index (χ1) is 12.6. The van der Waals surface area contributed by atoms with Gasteiger partial charge in [0.2, 0.25) is 11.8 Å². The van der Waals surface area contributed by atoms with Gasteiger partial charge in [0.05, 0.1) is 24.3 Å². The molecule has 2 N–H and O–H groups in total. The van der Waals surface area contributed by atoms with Gasteiger partial charge in [-0.05, 0) is 19.1 Å². The van der Waals surface area contributed by atoms with Crippen molar-refractivity contribution in [2.75, 3.05) is 5.75 Å². The smallest absolute Gasteiger partial charge is 0.277 e. The van der Waals surface area contributed by atoms with Crippen LogP contribution in [-0.2, 0) is 17.1 Å². The van der Waals surface area contributed by atoms with E-state index in [1.165, 1.54) is 17.8 Å². The Morgan fingerprint density at radius 2 is 2.23 bits per heavy atom. The summed E-state index contributed by atoms with van der Waals surface area (Å²) in [6, 6.07) is 4.96. The van der Waals surface area contributed by atoms with Crippen molar-refractivity contribution in [1.82, 2.24) is 25.5 Å². The van der Waals surface area contributed by atoms with Gasteiger partial charge in [-0.15, -0.1) is 10.2 Å². The second-order valence-electron chi connectivity index (χ2n) is 5.09. The zero-order chi connectivity index (χ0) is 18.4. The number of nitrogens with zero attached hydrogens (tertiary/aromatic N) is 3. The SMILES string of the molecule is Cc1cc(=O)[nH]c(SCc2nnc(SCC(=O)NCc3ccco3)o2)n1. The summed E-state index contributed by atoms with van der Waals surface area (Å²) in [7, 11) is 0. The predicted octanol–water partition coefficient (Wildman–Crippen LogP) is 1.76. The Bertz CT molecular complexity index is 922. The number of H-pyrrole nitrogens is 1. The number of aromatic nitrogens is 4. The van der Waals surface area contributed by atoms with Gasteiger partial charge in [0.1, 0.15) is 5.76 Å². The minimum atomic E-state index is -0.206. The molecule has 0 saturated heterocycles. The predicted molar refractivity (Wildman–Crippen MR) is 94.7 cm³/mol. The molecule has 0 aromatic carbocycles. The number of aryl methyl sites for hydroxylation is 1. The van der Waals surface area contributed by atoms with E-state index in [0.717, 1.165) is 11.8 Å². The number of thioether (sulfide) groups is 2. The van der Waals surface area contributed by atoms with E-state index >= 15 is 0 Å². The zero-order valence-corrected chi connectivity index (χ0v) is 15.4. The van der Waals surface area contributed by atoms with Crippen molar-refractivity contribution in [1.29, 1.82) is 0 Å². The highest BCUT2D eigenvalue weighted by atomic mass is 32.2. The van der Waals surface area contributed by atoms with Gasteiger partial charge < -0.3 is 19.1 Å². The minimum Gasteiger partial charge on any atom is -0.467 e. The number of amides is 1. The van der Waals surface area contributed by atoms with E-state index in [-0.39, 0.29) is 17.2 Å². The Balaban J connectivity index is 1.44. The molecule has 0 radical (unpaired) electrons. The summed E-state index contributed by atoms with van der Waals surface area (Å²) in [5.74, 6) is 1.43. The van der Waals surface area contributed by atoms with Crippen LogP contribution in [0, 0.1) is 6.92 Å². The molecular weight excluding hydrogens is 378 g/mol. The largest absolute Gasteiger partial charge is 0.467 e. The van der Waals surface area contributed by atoms with Gasteiger partial charge >= 0.3 is 0 Å². The summed E-state index contributed by atoms with van der Waals surface area (Å²) in [6.45, 7) is 2.08. The summed E-state index contributed by atoms with van der Waals surface area (Å²) in [5.41, 5.74) is 0.431. The van der Waals surface area contributed by atoms with Gasteiger partial charge in [0, 0.05) is 11.8 Å². The van der Waals surface area contributed by atoms with Crippen molar-refractivity contribution < 1.29 is 13.6 Å². The Morgan fingerprint density at radius 3 is 3.00 bits per heavy atom. The maximum Gasteiger partial charge on any atom is 0.277 e. The summed E-state index contributed by atoms with van der Waals surface area (Å²) < 4.78 is 10.6. The molecule has 9 nitrogen and oxygen atoms in total. The van der Waals surface area contributed by atoms with Crippen molar-refractivity contribution >= 4 is 29.4 Å². The summed E-state index contributed by atoms with van der Waals surface area (Å²) in [6.07, 6.45) is 1.55. The van der Waals surface area contributed by atoms with Crippen LogP contribution in [0.4, 0.5) is 0 Å². The van der Waals surface area contributed by atoms with Crippen LogP contribution in [0.5, 0.6) is 0 Å². The van der Waals surface area contributed by atoms with Crippen LogP contribution in [0.3, 0.4) is 0 Å². The standard InChI is InChI=1S/C15H15N5O4S2/c1-9-5-11(21)18-14(17-9)25-8-13-19-20-15(24-13)26-7-12(22)16-6-10-3-2-4-23-10/h2-5H,6-8H2,1H3,(H,16,22)(H,17,18,21). The number of aromatic amines is 1. The zero-order valence-electron chi connectivity index (χ0n) is 13.7. The molecule has 0 fully saturated rings. The molecule has 1 amide bonds. The topological polar surface area (TPSA) is 127 Å². The van der Waals surface area contributed by atoms with E-state index in [0.29, 0.717) is 40.0 Å². The Morgan fingerprint density at radius 1 is 1.35 bits per heavy atom. The normalized spacial score (nSPS) is 10.8. The number of carbonyl (C=O) groups is 1. The molecule has 3 rings (SSSR count). The molecule has 0 bridgehead atoms. The van der Waals surface area contributed by atoms with E-state index in [2.05, 4.69) is 25.5 Å². The molecule has 0 spiro atoms. The van der Waals surface area contributed by atoms with Crippen LogP contribution in [0.15, 0.2) is 48.5 Å².